The van der Waals surface area contributed by atoms with Crippen LogP contribution in [0.3, 0.4) is 0 Å². The van der Waals surface area contributed by atoms with Gasteiger partial charge in [-0.15, -0.1) is 0 Å². The Morgan fingerprint density at radius 2 is 1.82 bits per heavy atom. The number of hydrogen-bond donors (Lipinski definition) is 3. The summed E-state index contributed by atoms with van der Waals surface area (Å²) in [5.41, 5.74) is 7.58. The summed E-state index contributed by atoms with van der Waals surface area (Å²) in [5, 5.41) is 14.6. The topological polar surface area (TPSA) is 126 Å². The van der Waals surface area contributed by atoms with Gasteiger partial charge in [0.15, 0.2) is 5.13 Å². The van der Waals surface area contributed by atoms with E-state index in [4.69, 9.17) is 5.73 Å². The van der Waals surface area contributed by atoms with Crippen molar-refractivity contribution in [3.05, 3.63) is 89.2 Å². The van der Waals surface area contributed by atoms with Gasteiger partial charge in [-0.05, 0) is 60.7 Å². The van der Waals surface area contributed by atoms with Gasteiger partial charge in [-0.25, -0.2) is 17.8 Å². The minimum absolute atomic E-state index is 0.0399. The molecule has 4 N–H and O–H groups in total. The van der Waals surface area contributed by atoms with Crippen LogP contribution in [0.4, 0.5) is 9.52 Å². The second-order valence-electron chi connectivity index (χ2n) is 10.1. The predicted molar refractivity (Wildman–Crippen MR) is 156 cm³/mol. The highest BCUT2D eigenvalue weighted by Gasteiger charge is 2.32. The Hall–Kier alpha value is -3.38. The molecule has 0 aliphatic carbocycles. The number of rotatable bonds is 11. The number of amides is 1. The number of benzene rings is 3. The van der Waals surface area contributed by atoms with Gasteiger partial charge in [0.1, 0.15) is 5.82 Å². The van der Waals surface area contributed by atoms with Crippen LogP contribution in [0.1, 0.15) is 35.3 Å². The third-order valence-corrected chi connectivity index (χ3v) is 9.24. The molecule has 11 heteroatoms. The molecule has 1 aromatic heterocycles. The van der Waals surface area contributed by atoms with Crippen molar-refractivity contribution in [3.8, 4) is 0 Å². The average Bonchev–Trinajstić information content (AvgIpc) is 3.29. The first kappa shape index (κ1) is 29.6. The molecule has 212 valence electrons. The van der Waals surface area contributed by atoms with E-state index in [1.54, 1.807) is 6.07 Å². The van der Waals surface area contributed by atoms with Crippen LogP contribution in [0, 0.1) is 18.7 Å². The normalized spacial score (nSPS) is 13.6. The molecule has 1 heterocycles. The lowest BCUT2D eigenvalue weighted by molar-refractivity contribution is 0.0775. The Morgan fingerprint density at radius 1 is 1.10 bits per heavy atom. The lowest BCUT2D eigenvalue weighted by Gasteiger charge is -2.31. The summed E-state index contributed by atoms with van der Waals surface area (Å²) < 4.78 is 43.6. The maximum absolute atomic E-state index is 14.2. The van der Waals surface area contributed by atoms with Crippen molar-refractivity contribution in [2.24, 2.45) is 5.92 Å². The van der Waals surface area contributed by atoms with Crippen LogP contribution in [0.25, 0.3) is 10.2 Å². The van der Waals surface area contributed by atoms with Gasteiger partial charge in [0.25, 0.3) is 5.91 Å². The number of halogens is 1. The molecular formula is C29H33FN4O4S2. The number of fused-ring (bicyclic) bond motifs is 1. The molecule has 4 aromatic rings. The van der Waals surface area contributed by atoms with Crippen molar-refractivity contribution >= 4 is 42.6 Å². The maximum Gasteiger partial charge on any atom is 0.251 e. The van der Waals surface area contributed by atoms with Gasteiger partial charge in [-0.2, -0.15) is 4.31 Å². The van der Waals surface area contributed by atoms with E-state index in [0.29, 0.717) is 15.3 Å². The molecule has 40 heavy (non-hydrogen) atoms. The number of nitrogens with one attached hydrogen (secondary N) is 1. The van der Waals surface area contributed by atoms with Gasteiger partial charge >= 0.3 is 0 Å². The number of nitrogens with zero attached hydrogens (tertiary/aromatic N) is 2. The van der Waals surface area contributed by atoms with Gasteiger partial charge in [0.2, 0.25) is 10.0 Å². The molecule has 2 atom stereocenters. The molecule has 0 aliphatic heterocycles. The predicted octanol–water partition coefficient (Wildman–Crippen LogP) is 4.37. The first-order chi connectivity index (χ1) is 19.0. The minimum Gasteiger partial charge on any atom is -0.390 e. The van der Waals surface area contributed by atoms with E-state index < -0.39 is 33.9 Å². The minimum atomic E-state index is -4.02. The number of aliphatic hydroxyl groups is 1. The van der Waals surface area contributed by atoms with Crippen molar-refractivity contribution in [2.45, 2.75) is 44.2 Å². The monoisotopic (exact) mass is 584 g/mol. The summed E-state index contributed by atoms with van der Waals surface area (Å²) in [5.74, 6) is -1.10. The van der Waals surface area contributed by atoms with Crippen molar-refractivity contribution in [1.82, 2.24) is 14.6 Å². The van der Waals surface area contributed by atoms with Crippen LogP contribution in [-0.4, -0.2) is 54.0 Å². The van der Waals surface area contributed by atoms with Gasteiger partial charge in [0, 0.05) is 18.7 Å². The average molecular weight is 585 g/mol. The lowest BCUT2D eigenvalue weighted by Crippen LogP contribution is -2.51. The fraction of sp³-hybridized carbons (Fsp3) is 0.310. The highest BCUT2D eigenvalue weighted by molar-refractivity contribution is 7.89. The maximum atomic E-state index is 14.2. The fourth-order valence-electron chi connectivity index (χ4n) is 4.50. The van der Waals surface area contributed by atoms with E-state index in [9.17, 15) is 22.7 Å². The van der Waals surface area contributed by atoms with Crippen LogP contribution < -0.4 is 11.1 Å². The Kier molecular flexibility index (Phi) is 9.19. The second kappa shape index (κ2) is 12.4. The zero-order chi connectivity index (χ0) is 29.0. The summed E-state index contributed by atoms with van der Waals surface area (Å²) in [4.78, 5) is 17.5. The summed E-state index contributed by atoms with van der Waals surface area (Å²) >= 11 is 1.20. The van der Waals surface area contributed by atoms with Gasteiger partial charge in [-0.1, -0.05) is 61.6 Å². The van der Waals surface area contributed by atoms with Crippen molar-refractivity contribution in [1.29, 1.82) is 0 Å². The third kappa shape index (κ3) is 6.84. The number of hydrogen-bond acceptors (Lipinski definition) is 7. The molecule has 1 amide bonds. The van der Waals surface area contributed by atoms with Gasteiger partial charge in [-0.3, -0.25) is 4.79 Å². The first-order valence-electron chi connectivity index (χ1n) is 12.9. The Balaban J connectivity index is 1.64. The molecule has 0 fully saturated rings. The van der Waals surface area contributed by atoms with E-state index in [0.717, 1.165) is 5.56 Å². The Morgan fingerprint density at radius 3 is 2.52 bits per heavy atom. The van der Waals surface area contributed by atoms with Crippen molar-refractivity contribution in [3.63, 3.8) is 0 Å². The van der Waals surface area contributed by atoms with E-state index in [-0.39, 0.29) is 41.5 Å². The van der Waals surface area contributed by atoms with Crippen LogP contribution in [0.5, 0.6) is 0 Å². The van der Waals surface area contributed by atoms with E-state index >= 15 is 0 Å². The van der Waals surface area contributed by atoms with Crippen LogP contribution in [0.15, 0.2) is 71.6 Å². The standard InChI is InChI=1S/C29H33FN4O4S2/c1-18(2)16-34(40(37,38)21-12-13-24-27(15-21)39-29(31)33-24)17-26(35)25(14-20-8-5-4-6-9-20)32-28(36)22-10-7-11-23(30)19(22)3/h4-13,15,18,25-26,35H,14,16-17H2,1-3H3,(H2,31,33)(H,32,36)/t25-,26+/m0/s1. The largest absolute Gasteiger partial charge is 0.390 e. The summed E-state index contributed by atoms with van der Waals surface area (Å²) in [6.07, 6.45) is -1.03. The Bertz CT molecular complexity index is 1590. The quantitative estimate of drug-likeness (QED) is 0.240. The number of anilines is 1. The molecule has 4 rings (SSSR count). The SMILES string of the molecule is Cc1c(F)cccc1C(=O)N[C@@H](Cc1ccccc1)[C@H](O)CN(CC(C)C)S(=O)(=O)c1ccc2nc(N)sc2c1. The number of aliphatic hydroxyl groups excluding tert-OH is 1. The zero-order valence-corrected chi connectivity index (χ0v) is 24.2. The fourth-order valence-corrected chi connectivity index (χ4v) is 6.99. The highest BCUT2D eigenvalue weighted by atomic mass is 32.2. The molecule has 0 spiro atoms. The Labute approximate surface area is 237 Å². The number of nitrogens with two attached hydrogens (primary N) is 1. The lowest BCUT2D eigenvalue weighted by atomic mass is 9.99. The van der Waals surface area contributed by atoms with E-state index in [1.165, 1.54) is 52.9 Å². The van der Waals surface area contributed by atoms with Crippen molar-refractivity contribution in [2.75, 3.05) is 18.8 Å². The molecule has 0 saturated carbocycles. The van der Waals surface area contributed by atoms with Gasteiger partial charge < -0.3 is 16.2 Å². The number of sulfonamides is 1. The molecule has 0 saturated heterocycles. The molecular weight excluding hydrogens is 551 g/mol. The van der Waals surface area contributed by atoms with Crippen LogP contribution in [-0.2, 0) is 16.4 Å². The number of nitrogen functional groups attached to an aromatic ring is 1. The van der Waals surface area contributed by atoms with Crippen LogP contribution in [0.2, 0.25) is 0 Å². The smallest absolute Gasteiger partial charge is 0.251 e. The summed E-state index contributed by atoms with van der Waals surface area (Å²) in [7, 11) is -4.02. The summed E-state index contributed by atoms with van der Waals surface area (Å²) in [6, 6.07) is 17.3. The molecule has 3 aromatic carbocycles. The van der Waals surface area contributed by atoms with Crippen LogP contribution >= 0.6 is 11.3 Å². The first-order valence-corrected chi connectivity index (χ1v) is 15.2. The molecule has 0 radical (unpaired) electrons. The number of thiazole rings is 1. The van der Waals surface area contributed by atoms with E-state index in [1.807, 2.05) is 44.2 Å². The molecule has 0 bridgehead atoms. The number of carbonyl (C=O) groups is 1. The molecule has 0 aliphatic rings. The van der Waals surface area contributed by atoms with Crippen molar-refractivity contribution < 1.29 is 22.7 Å². The third-order valence-electron chi connectivity index (χ3n) is 6.57. The van der Waals surface area contributed by atoms with Gasteiger partial charge in [0.05, 0.1) is 27.3 Å². The summed E-state index contributed by atoms with van der Waals surface area (Å²) in [6.45, 7) is 5.17. The molecule has 8 nitrogen and oxygen atoms in total. The zero-order valence-electron chi connectivity index (χ0n) is 22.5. The number of carbonyl (C=O) groups excluding carboxylic acids is 1. The highest BCUT2D eigenvalue weighted by Crippen LogP contribution is 2.28. The molecule has 0 unspecified atom stereocenters. The second-order valence-corrected chi connectivity index (χ2v) is 13.1. The number of aromatic nitrogens is 1. The van der Waals surface area contributed by atoms with E-state index in [2.05, 4.69) is 10.3 Å².